The first-order valence-corrected chi connectivity index (χ1v) is 9.68. The average molecular weight is 374 g/mol. The van der Waals surface area contributed by atoms with Gasteiger partial charge in [0.1, 0.15) is 11.6 Å². The number of rotatable bonds is 6. The number of aromatic amines is 2. The molecule has 0 aliphatic heterocycles. The molecule has 3 N–H and O–H groups in total. The minimum Gasteiger partial charge on any atom is -0.371 e. The fourth-order valence-corrected chi connectivity index (χ4v) is 3.74. The Bertz CT molecular complexity index is 1190. The summed E-state index contributed by atoms with van der Waals surface area (Å²) in [6.07, 6.45) is 0.957. The van der Waals surface area contributed by atoms with Crippen molar-refractivity contribution in [2.24, 2.45) is 0 Å². The first kappa shape index (κ1) is 18.2. The van der Waals surface area contributed by atoms with Gasteiger partial charge in [0.2, 0.25) is 0 Å². The van der Waals surface area contributed by atoms with Gasteiger partial charge in [-0.25, -0.2) is 0 Å². The number of fused-ring (bicyclic) bond motifs is 2. The molecule has 0 saturated heterocycles. The summed E-state index contributed by atoms with van der Waals surface area (Å²) in [6, 6.07) is 15.8. The summed E-state index contributed by atoms with van der Waals surface area (Å²) in [5.74, 6) is 1.89. The lowest BCUT2D eigenvalue weighted by atomic mass is 10.1. The lowest BCUT2D eigenvalue weighted by Crippen LogP contribution is -2.21. The van der Waals surface area contributed by atoms with E-state index in [1.165, 1.54) is 22.0 Å². The Kier molecular flexibility index (Phi) is 4.82. The molecule has 0 radical (unpaired) electrons. The number of H-pyrrole nitrogens is 2. The maximum absolute atomic E-state index is 12.2. The van der Waals surface area contributed by atoms with Gasteiger partial charge in [0, 0.05) is 42.5 Å². The van der Waals surface area contributed by atoms with Crippen LogP contribution in [-0.4, -0.2) is 30.1 Å². The van der Waals surface area contributed by atoms with Crippen LogP contribution in [0.2, 0.25) is 0 Å². The molecule has 0 spiro atoms. The Hall–Kier alpha value is -3.21. The van der Waals surface area contributed by atoms with Crippen molar-refractivity contribution in [1.82, 2.24) is 9.97 Å². The second-order valence-corrected chi connectivity index (χ2v) is 7.49. The molecule has 0 atom stereocenters. The maximum atomic E-state index is 12.2. The van der Waals surface area contributed by atoms with Crippen molar-refractivity contribution in [3.63, 3.8) is 0 Å². The van der Waals surface area contributed by atoms with Crippen LogP contribution in [0.1, 0.15) is 17.5 Å². The lowest BCUT2D eigenvalue weighted by molar-refractivity contribution is 0.807. The van der Waals surface area contributed by atoms with Crippen LogP contribution in [0.25, 0.3) is 21.8 Å². The average Bonchev–Trinajstić information content (AvgIpc) is 3.10. The zero-order valence-electron chi connectivity index (χ0n) is 16.6. The van der Waals surface area contributed by atoms with Crippen LogP contribution in [0.15, 0.2) is 53.3 Å². The molecule has 5 heteroatoms. The number of para-hydroxylation sites is 1. The topological polar surface area (TPSA) is 63.9 Å². The van der Waals surface area contributed by atoms with E-state index in [1.54, 1.807) is 6.07 Å². The second kappa shape index (κ2) is 7.43. The molecule has 0 aliphatic rings. The van der Waals surface area contributed by atoms with Crippen molar-refractivity contribution in [1.29, 1.82) is 0 Å². The van der Waals surface area contributed by atoms with Crippen LogP contribution in [0, 0.1) is 13.8 Å². The quantitative estimate of drug-likeness (QED) is 0.433. The Balaban J connectivity index is 1.38. The molecule has 0 bridgehead atoms. The van der Waals surface area contributed by atoms with Crippen LogP contribution in [0.4, 0.5) is 11.6 Å². The van der Waals surface area contributed by atoms with Gasteiger partial charge in [-0.05, 0) is 55.7 Å². The van der Waals surface area contributed by atoms with Gasteiger partial charge in [0.25, 0.3) is 0 Å². The van der Waals surface area contributed by atoms with Crippen LogP contribution < -0.4 is 15.6 Å². The SMILES string of the molecule is Cc1cc(C)c2cc(N(C)CCCNc3cc(=O)c4ccccc4[nH]3)[nH]c2c1. The fourth-order valence-electron chi connectivity index (χ4n) is 3.74. The molecule has 0 unspecified atom stereocenters. The summed E-state index contributed by atoms with van der Waals surface area (Å²) in [7, 11) is 2.10. The molecule has 5 nitrogen and oxygen atoms in total. The van der Waals surface area contributed by atoms with Crippen LogP contribution in [0.3, 0.4) is 0 Å². The van der Waals surface area contributed by atoms with E-state index < -0.39 is 0 Å². The van der Waals surface area contributed by atoms with E-state index in [0.717, 1.165) is 42.0 Å². The summed E-state index contributed by atoms with van der Waals surface area (Å²) in [5, 5.41) is 5.33. The zero-order valence-corrected chi connectivity index (χ0v) is 16.6. The van der Waals surface area contributed by atoms with Gasteiger partial charge in [-0.1, -0.05) is 18.2 Å². The van der Waals surface area contributed by atoms with Crippen molar-refractivity contribution in [2.45, 2.75) is 20.3 Å². The second-order valence-electron chi connectivity index (χ2n) is 7.49. The highest BCUT2D eigenvalue weighted by atomic mass is 16.1. The fraction of sp³-hybridized carbons (Fsp3) is 0.261. The number of anilines is 2. The van der Waals surface area contributed by atoms with E-state index in [9.17, 15) is 4.79 Å². The summed E-state index contributed by atoms with van der Waals surface area (Å²) >= 11 is 0. The third kappa shape index (κ3) is 3.60. The minimum absolute atomic E-state index is 0.0395. The monoisotopic (exact) mass is 374 g/mol. The summed E-state index contributed by atoms with van der Waals surface area (Å²) in [5.41, 5.74) is 4.66. The van der Waals surface area contributed by atoms with E-state index in [0.29, 0.717) is 0 Å². The maximum Gasteiger partial charge on any atom is 0.191 e. The predicted octanol–water partition coefficient (Wildman–Crippen LogP) is 4.56. The minimum atomic E-state index is 0.0395. The molecule has 28 heavy (non-hydrogen) atoms. The first-order valence-electron chi connectivity index (χ1n) is 9.68. The largest absolute Gasteiger partial charge is 0.371 e. The third-order valence-electron chi connectivity index (χ3n) is 5.21. The van der Waals surface area contributed by atoms with Crippen molar-refractivity contribution in [2.75, 3.05) is 30.4 Å². The number of hydrogen-bond donors (Lipinski definition) is 3. The van der Waals surface area contributed by atoms with E-state index >= 15 is 0 Å². The molecule has 0 saturated carbocycles. The molecule has 0 amide bonds. The van der Waals surface area contributed by atoms with Gasteiger partial charge in [0.05, 0.1) is 5.52 Å². The van der Waals surface area contributed by atoms with Gasteiger partial charge in [-0.15, -0.1) is 0 Å². The van der Waals surface area contributed by atoms with E-state index in [2.05, 4.69) is 59.3 Å². The number of pyridine rings is 1. The molecule has 144 valence electrons. The van der Waals surface area contributed by atoms with Gasteiger partial charge >= 0.3 is 0 Å². The number of aromatic nitrogens is 2. The Morgan fingerprint density at radius 2 is 1.79 bits per heavy atom. The molecule has 4 rings (SSSR count). The summed E-state index contributed by atoms with van der Waals surface area (Å²) in [6.45, 7) is 5.98. The van der Waals surface area contributed by atoms with E-state index in [1.807, 2.05) is 24.3 Å². The lowest BCUT2D eigenvalue weighted by Gasteiger charge is -2.17. The highest BCUT2D eigenvalue weighted by Crippen LogP contribution is 2.25. The van der Waals surface area contributed by atoms with Gasteiger partial charge in [0.15, 0.2) is 5.43 Å². The number of benzene rings is 2. The predicted molar refractivity (Wildman–Crippen MR) is 119 cm³/mol. The Morgan fingerprint density at radius 1 is 0.964 bits per heavy atom. The highest BCUT2D eigenvalue weighted by molar-refractivity contribution is 5.87. The standard InChI is InChI=1S/C23H26N4O/c1-15-11-16(2)18-13-23(26-20(18)12-15)27(3)10-6-9-24-22-14-21(28)17-7-4-5-8-19(17)25-22/h4-5,7-8,11-14,26H,6,9-10H2,1-3H3,(H2,24,25,28). The van der Waals surface area contributed by atoms with Crippen molar-refractivity contribution < 1.29 is 0 Å². The van der Waals surface area contributed by atoms with Gasteiger partial charge in [-0.2, -0.15) is 0 Å². The molecule has 2 aromatic carbocycles. The summed E-state index contributed by atoms with van der Waals surface area (Å²) in [4.78, 5) is 21.2. The number of nitrogens with one attached hydrogen (secondary N) is 3. The van der Waals surface area contributed by atoms with Gasteiger partial charge in [-0.3, -0.25) is 4.79 Å². The van der Waals surface area contributed by atoms with Crippen molar-refractivity contribution in [3.05, 3.63) is 69.9 Å². The normalized spacial score (nSPS) is 11.2. The number of aryl methyl sites for hydroxylation is 2. The smallest absolute Gasteiger partial charge is 0.191 e. The third-order valence-corrected chi connectivity index (χ3v) is 5.21. The van der Waals surface area contributed by atoms with Gasteiger partial charge < -0.3 is 20.2 Å². The highest BCUT2D eigenvalue weighted by Gasteiger charge is 2.08. The molecule has 2 aromatic heterocycles. The zero-order chi connectivity index (χ0) is 19.7. The van der Waals surface area contributed by atoms with E-state index in [4.69, 9.17) is 0 Å². The molecule has 2 heterocycles. The molecular formula is C23H26N4O. The number of nitrogens with zero attached hydrogens (tertiary/aromatic N) is 1. The van der Waals surface area contributed by atoms with Crippen molar-refractivity contribution in [3.8, 4) is 0 Å². The van der Waals surface area contributed by atoms with Crippen molar-refractivity contribution >= 4 is 33.4 Å². The van der Waals surface area contributed by atoms with Crippen LogP contribution in [-0.2, 0) is 0 Å². The molecule has 4 aromatic rings. The molecular weight excluding hydrogens is 348 g/mol. The van der Waals surface area contributed by atoms with Crippen LogP contribution >= 0.6 is 0 Å². The molecule has 0 aliphatic carbocycles. The Morgan fingerprint density at radius 3 is 2.64 bits per heavy atom. The number of hydrogen-bond acceptors (Lipinski definition) is 3. The van der Waals surface area contributed by atoms with E-state index in [-0.39, 0.29) is 5.43 Å². The first-order chi connectivity index (χ1) is 13.5. The van der Waals surface area contributed by atoms with Crippen LogP contribution in [0.5, 0.6) is 0 Å². The molecule has 0 fully saturated rings. The summed E-state index contributed by atoms with van der Waals surface area (Å²) < 4.78 is 0. The Labute approximate surface area is 164 Å².